The minimum absolute atomic E-state index is 0.0600. The molecule has 0 aliphatic carbocycles. The number of aromatic nitrogens is 2. The van der Waals surface area contributed by atoms with E-state index in [-0.39, 0.29) is 10.9 Å². The predicted octanol–water partition coefficient (Wildman–Crippen LogP) is 1.79. The minimum Gasteiger partial charge on any atom is -0.312 e. The Hall–Kier alpha value is -1.11. The summed E-state index contributed by atoms with van der Waals surface area (Å²) in [5, 5.41) is 0.608. The fraction of sp³-hybridized carbons (Fsp3) is 0.111. The maximum atomic E-state index is 11.7. The quantitative estimate of drug-likeness (QED) is 0.859. The van der Waals surface area contributed by atoms with Crippen molar-refractivity contribution >= 4 is 35.8 Å². The molecule has 5 nitrogen and oxygen atoms in total. The van der Waals surface area contributed by atoms with Crippen molar-refractivity contribution in [1.29, 1.82) is 0 Å². The van der Waals surface area contributed by atoms with Crippen molar-refractivity contribution < 1.29 is 4.52 Å². The Labute approximate surface area is 111 Å². The van der Waals surface area contributed by atoms with Crippen LogP contribution < -0.4 is 11.4 Å². The first-order valence-electron chi connectivity index (χ1n) is 4.44. The van der Waals surface area contributed by atoms with Crippen LogP contribution in [0.4, 0.5) is 0 Å². The molecule has 0 unspecified atom stereocenters. The molecule has 0 N–H and O–H groups in total. The van der Waals surface area contributed by atoms with Gasteiger partial charge >= 0.3 is 11.4 Å². The maximum Gasteiger partial charge on any atom is 0.443 e. The molecule has 2 rings (SSSR count). The minimum atomic E-state index is -0.781. The summed E-state index contributed by atoms with van der Waals surface area (Å²) in [5.41, 5.74) is -0.301. The van der Waals surface area contributed by atoms with Crippen LogP contribution in [0, 0.1) is 0 Å². The summed E-state index contributed by atoms with van der Waals surface area (Å²) in [6.45, 7) is 0. The summed E-state index contributed by atoms with van der Waals surface area (Å²) in [5.74, 6) is -0.841. The van der Waals surface area contributed by atoms with Crippen LogP contribution >= 0.6 is 35.8 Å². The molecular weight excluding hydrogens is 287 g/mol. The highest BCUT2D eigenvalue weighted by Gasteiger charge is 2.12. The number of hydrogen-bond donors (Lipinski definition) is 1. The molecule has 0 amide bonds. The number of hydrogen-bond acceptors (Lipinski definition) is 4. The van der Waals surface area contributed by atoms with Gasteiger partial charge < -0.3 is 4.52 Å². The van der Waals surface area contributed by atoms with Gasteiger partial charge in [-0.15, -0.1) is 4.74 Å². The van der Waals surface area contributed by atoms with Gasteiger partial charge in [0.15, 0.2) is 0 Å². The molecule has 17 heavy (non-hydrogen) atoms. The second kappa shape index (κ2) is 4.64. The third kappa shape index (κ3) is 2.15. The van der Waals surface area contributed by atoms with Crippen molar-refractivity contribution in [2.24, 2.45) is 0 Å². The summed E-state index contributed by atoms with van der Waals surface area (Å²) >= 11 is 15.4. The van der Waals surface area contributed by atoms with Crippen LogP contribution in [0.5, 0.6) is 0 Å². The Morgan fingerprint density at radius 1 is 1.24 bits per heavy atom. The zero-order valence-electron chi connectivity index (χ0n) is 8.26. The van der Waals surface area contributed by atoms with Crippen LogP contribution in [0.2, 0.25) is 10.0 Å². The van der Waals surface area contributed by atoms with Gasteiger partial charge in [0.25, 0.3) is 0 Å². The molecule has 0 saturated carbocycles. The van der Waals surface area contributed by atoms with Gasteiger partial charge in [0.1, 0.15) is 0 Å². The molecule has 8 heteroatoms. The summed E-state index contributed by atoms with van der Waals surface area (Å²) in [4.78, 5) is 23.0. The van der Waals surface area contributed by atoms with Gasteiger partial charge in [0.2, 0.25) is 0 Å². The summed E-state index contributed by atoms with van der Waals surface area (Å²) < 4.78 is 6.45. The lowest BCUT2D eigenvalue weighted by molar-refractivity contribution is 0.312. The van der Waals surface area contributed by atoms with Crippen LogP contribution in [-0.2, 0) is 5.88 Å². The van der Waals surface area contributed by atoms with Crippen molar-refractivity contribution in [3.05, 3.63) is 49.3 Å². The first kappa shape index (κ1) is 12.3. The average Bonchev–Trinajstić information content (AvgIpc) is 2.58. The Morgan fingerprint density at radius 3 is 2.47 bits per heavy atom. The zero-order chi connectivity index (χ0) is 12.6. The predicted molar refractivity (Wildman–Crippen MR) is 67.6 cm³/mol. The summed E-state index contributed by atoms with van der Waals surface area (Å²) in [7, 11) is 0. The second-order valence-corrected chi connectivity index (χ2v) is 4.20. The van der Waals surface area contributed by atoms with Gasteiger partial charge in [-0.1, -0.05) is 23.2 Å². The fourth-order valence-corrected chi connectivity index (χ4v) is 1.78. The Bertz CT molecular complexity index is 674. The number of benzene rings is 1. The lowest BCUT2D eigenvalue weighted by Crippen LogP contribution is -2.26. The van der Waals surface area contributed by atoms with Crippen molar-refractivity contribution in [3.8, 4) is 5.69 Å². The molecule has 1 aromatic heterocycles. The SMILES string of the molecule is O=c1on(-c2ccc(Cl)c(Cl)c2)c(=O)n1CS. The highest BCUT2D eigenvalue weighted by atomic mass is 35.5. The molecule has 1 heterocycles. The molecule has 1 aromatic carbocycles. The van der Waals surface area contributed by atoms with Gasteiger partial charge in [-0.2, -0.15) is 12.6 Å². The van der Waals surface area contributed by atoms with Crippen molar-refractivity contribution in [3.63, 3.8) is 0 Å². The van der Waals surface area contributed by atoms with Gasteiger partial charge in [-0.25, -0.2) is 14.2 Å². The lowest BCUT2D eigenvalue weighted by Gasteiger charge is -2.00. The van der Waals surface area contributed by atoms with Crippen LogP contribution in [0.3, 0.4) is 0 Å². The summed E-state index contributed by atoms with van der Waals surface area (Å²) in [6, 6.07) is 4.45. The van der Waals surface area contributed by atoms with Gasteiger partial charge in [0, 0.05) is 0 Å². The smallest absolute Gasteiger partial charge is 0.312 e. The highest BCUT2D eigenvalue weighted by Crippen LogP contribution is 2.23. The van der Waals surface area contributed by atoms with Crippen molar-refractivity contribution in [2.45, 2.75) is 5.88 Å². The van der Waals surface area contributed by atoms with E-state index >= 15 is 0 Å². The van der Waals surface area contributed by atoms with E-state index in [1.807, 2.05) is 0 Å². The van der Waals surface area contributed by atoms with Gasteiger partial charge in [-0.3, -0.25) is 0 Å². The van der Waals surface area contributed by atoms with Crippen LogP contribution in [0.1, 0.15) is 0 Å². The van der Waals surface area contributed by atoms with E-state index in [1.165, 1.54) is 18.2 Å². The largest absolute Gasteiger partial charge is 0.443 e. The van der Waals surface area contributed by atoms with Crippen molar-refractivity contribution in [1.82, 2.24) is 9.31 Å². The third-order valence-corrected chi connectivity index (χ3v) is 3.10. The Balaban J connectivity index is 2.65. The highest BCUT2D eigenvalue weighted by molar-refractivity contribution is 7.79. The van der Waals surface area contributed by atoms with Gasteiger partial charge in [0.05, 0.1) is 21.6 Å². The Morgan fingerprint density at radius 2 is 1.94 bits per heavy atom. The molecule has 0 aliphatic rings. The van der Waals surface area contributed by atoms with E-state index in [4.69, 9.17) is 27.7 Å². The fourth-order valence-electron chi connectivity index (χ4n) is 1.25. The zero-order valence-corrected chi connectivity index (χ0v) is 10.7. The van der Waals surface area contributed by atoms with E-state index in [0.29, 0.717) is 10.7 Å². The van der Waals surface area contributed by atoms with E-state index in [0.717, 1.165) is 9.31 Å². The first-order chi connectivity index (χ1) is 8.04. The molecule has 2 aromatic rings. The van der Waals surface area contributed by atoms with Crippen LogP contribution in [0.25, 0.3) is 5.69 Å². The number of halogens is 2. The summed E-state index contributed by atoms with van der Waals surface area (Å²) in [6.07, 6.45) is 0. The van der Waals surface area contributed by atoms with Gasteiger partial charge in [-0.05, 0) is 18.2 Å². The molecule has 0 fully saturated rings. The first-order valence-corrected chi connectivity index (χ1v) is 5.83. The molecule has 0 aliphatic heterocycles. The molecule has 0 atom stereocenters. The van der Waals surface area contributed by atoms with Crippen molar-refractivity contribution in [2.75, 3.05) is 0 Å². The third-order valence-electron chi connectivity index (χ3n) is 2.07. The Kier molecular flexibility index (Phi) is 3.37. The molecule has 90 valence electrons. The molecule has 0 radical (unpaired) electrons. The van der Waals surface area contributed by atoms with E-state index in [1.54, 1.807) is 0 Å². The molecule has 0 spiro atoms. The number of rotatable bonds is 2. The van der Waals surface area contributed by atoms with E-state index in [2.05, 4.69) is 12.6 Å². The average molecular weight is 293 g/mol. The van der Waals surface area contributed by atoms with E-state index in [9.17, 15) is 9.59 Å². The van der Waals surface area contributed by atoms with Crippen LogP contribution in [-0.4, -0.2) is 9.31 Å². The lowest BCUT2D eigenvalue weighted by atomic mass is 10.3. The van der Waals surface area contributed by atoms with E-state index < -0.39 is 11.4 Å². The molecular formula is C9H6Cl2N2O3S. The monoisotopic (exact) mass is 292 g/mol. The normalized spacial score (nSPS) is 10.8. The molecule has 0 bridgehead atoms. The standard InChI is InChI=1S/C9H6Cl2N2O3S/c10-6-2-1-5(3-7(6)11)13-8(14)12(4-17)9(15)16-13/h1-3,17H,4H2. The second-order valence-electron chi connectivity index (χ2n) is 3.10. The number of thiol groups is 1. The van der Waals surface area contributed by atoms with Crippen LogP contribution in [0.15, 0.2) is 32.3 Å². The number of nitrogens with zero attached hydrogens (tertiary/aromatic N) is 2. The molecule has 0 saturated heterocycles. The maximum absolute atomic E-state index is 11.7. The topological polar surface area (TPSA) is 57.1 Å².